The Bertz CT molecular complexity index is 557. The zero-order valence-corrected chi connectivity index (χ0v) is 13.1. The molecule has 4 nitrogen and oxygen atoms in total. The molecule has 0 atom stereocenters. The van der Waals surface area contributed by atoms with Crippen LogP contribution in [0.3, 0.4) is 0 Å². The highest BCUT2D eigenvalue weighted by atomic mass is 16.5. The summed E-state index contributed by atoms with van der Waals surface area (Å²) in [5, 5.41) is 4.14. The van der Waals surface area contributed by atoms with Crippen molar-refractivity contribution in [2.75, 3.05) is 18.5 Å². The summed E-state index contributed by atoms with van der Waals surface area (Å²) in [6, 6.07) is 7.98. The number of para-hydroxylation sites is 1. The maximum atomic E-state index is 5.90. The number of aromatic nitrogens is 2. The molecule has 0 amide bonds. The van der Waals surface area contributed by atoms with Gasteiger partial charge in [0.15, 0.2) is 0 Å². The molecule has 114 valence electrons. The number of hydrogen-bond donors (Lipinski definition) is 1. The van der Waals surface area contributed by atoms with Crippen molar-refractivity contribution in [3.05, 3.63) is 24.3 Å². The minimum absolute atomic E-state index is 0.636. The van der Waals surface area contributed by atoms with Crippen LogP contribution >= 0.6 is 0 Å². The second-order valence-electron chi connectivity index (χ2n) is 5.16. The Morgan fingerprint density at radius 2 is 1.81 bits per heavy atom. The molecule has 0 aliphatic carbocycles. The van der Waals surface area contributed by atoms with Crippen molar-refractivity contribution in [2.24, 2.45) is 0 Å². The van der Waals surface area contributed by atoms with E-state index in [1.807, 2.05) is 31.2 Å². The zero-order chi connectivity index (χ0) is 14.9. The van der Waals surface area contributed by atoms with Crippen molar-refractivity contribution in [1.29, 1.82) is 0 Å². The van der Waals surface area contributed by atoms with E-state index in [9.17, 15) is 0 Å². The Labute approximate surface area is 127 Å². The molecule has 4 heteroatoms. The largest absolute Gasteiger partial charge is 0.477 e. The van der Waals surface area contributed by atoms with Crippen LogP contribution in [0.2, 0.25) is 0 Å². The van der Waals surface area contributed by atoms with Crippen LogP contribution in [-0.2, 0) is 0 Å². The van der Waals surface area contributed by atoms with Crippen LogP contribution in [0.1, 0.15) is 46.0 Å². The Morgan fingerprint density at radius 1 is 1.00 bits per heavy atom. The molecule has 0 aliphatic rings. The minimum atomic E-state index is 0.636. The quantitative estimate of drug-likeness (QED) is 0.694. The molecular weight excluding hydrogens is 262 g/mol. The summed E-state index contributed by atoms with van der Waals surface area (Å²) < 4.78 is 5.90. The molecule has 0 fully saturated rings. The highest BCUT2D eigenvalue weighted by Gasteiger charge is 2.07. The predicted octanol–water partition coefficient (Wildman–Crippen LogP) is 4.41. The summed E-state index contributed by atoms with van der Waals surface area (Å²) in [6.45, 7) is 5.78. The standard InChI is InChI=1S/C17H25N3O/c1-3-5-6-7-10-13-21-16-14-11-8-9-12-15(14)19-17(20-16)18-4-2/h8-9,11-12H,3-7,10,13H2,1-2H3,(H,18,19,20). The number of rotatable bonds is 9. The van der Waals surface area contributed by atoms with Gasteiger partial charge in [-0.3, -0.25) is 0 Å². The van der Waals surface area contributed by atoms with E-state index in [1.165, 1.54) is 25.7 Å². The maximum Gasteiger partial charge on any atom is 0.226 e. The topological polar surface area (TPSA) is 47.0 Å². The van der Waals surface area contributed by atoms with Gasteiger partial charge in [0, 0.05) is 6.54 Å². The lowest BCUT2D eigenvalue weighted by Crippen LogP contribution is -2.06. The first-order chi connectivity index (χ1) is 10.3. The van der Waals surface area contributed by atoms with Crippen LogP contribution in [0.25, 0.3) is 10.9 Å². The molecule has 0 radical (unpaired) electrons. The van der Waals surface area contributed by atoms with Gasteiger partial charge in [-0.2, -0.15) is 4.98 Å². The van der Waals surface area contributed by atoms with Crippen LogP contribution in [0, 0.1) is 0 Å². The van der Waals surface area contributed by atoms with E-state index < -0.39 is 0 Å². The van der Waals surface area contributed by atoms with Crippen molar-refractivity contribution >= 4 is 16.9 Å². The highest BCUT2D eigenvalue weighted by Crippen LogP contribution is 2.24. The zero-order valence-electron chi connectivity index (χ0n) is 13.1. The van der Waals surface area contributed by atoms with Gasteiger partial charge in [-0.15, -0.1) is 0 Å². The molecule has 1 aromatic carbocycles. The molecule has 1 heterocycles. The third-order valence-corrected chi connectivity index (χ3v) is 3.39. The van der Waals surface area contributed by atoms with Crippen molar-refractivity contribution in [3.8, 4) is 5.88 Å². The van der Waals surface area contributed by atoms with Crippen molar-refractivity contribution < 1.29 is 4.74 Å². The first kappa shape index (κ1) is 15.5. The van der Waals surface area contributed by atoms with Crippen LogP contribution in [0.15, 0.2) is 24.3 Å². The van der Waals surface area contributed by atoms with E-state index >= 15 is 0 Å². The maximum absolute atomic E-state index is 5.90. The van der Waals surface area contributed by atoms with E-state index in [-0.39, 0.29) is 0 Å². The van der Waals surface area contributed by atoms with E-state index in [4.69, 9.17) is 4.74 Å². The molecule has 1 aromatic heterocycles. The van der Waals surface area contributed by atoms with Gasteiger partial charge in [0.05, 0.1) is 17.5 Å². The minimum Gasteiger partial charge on any atom is -0.477 e. The monoisotopic (exact) mass is 287 g/mol. The van der Waals surface area contributed by atoms with E-state index in [1.54, 1.807) is 0 Å². The Hall–Kier alpha value is -1.84. The Morgan fingerprint density at radius 3 is 2.62 bits per heavy atom. The molecule has 1 N–H and O–H groups in total. The first-order valence-corrected chi connectivity index (χ1v) is 7.98. The number of unbranched alkanes of at least 4 members (excludes halogenated alkanes) is 4. The first-order valence-electron chi connectivity index (χ1n) is 7.98. The summed E-state index contributed by atoms with van der Waals surface area (Å²) in [5.41, 5.74) is 0.921. The smallest absolute Gasteiger partial charge is 0.226 e. The van der Waals surface area contributed by atoms with E-state index in [0.717, 1.165) is 30.5 Å². The molecule has 0 unspecified atom stereocenters. The lowest BCUT2D eigenvalue weighted by molar-refractivity contribution is 0.297. The van der Waals surface area contributed by atoms with Crippen molar-refractivity contribution in [3.63, 3.8) is 0 Å². The van der Waals surface area contributed by atoms with Gasteiger partial charge in [-0.25, -0.2) is 4.98 Å². The van der Waals surface area contributed by atoms with E-state index in [2.05, 4.69) is 22.2 Å². The van der Waals surface area contributed by atoms with Crippen molar-refractivity contribution in [1.82, 2.24) is 9.97 Å². The average molecular weight is 287 g/mol. The highest BCUT2D eigenvalue weighted by molar-refractivity contribution is 5.84. The summed E-state index contributed by atoms with van der Waals surface area (Å²) in [6.07, 6.45) is 6.16. The predicted molar refractivity (Wildman–Crippen MR) is 88.0 cm³/mol. The fourth-order valence-corrected chi connectivity index (χ4v) is 2.27. The molecule has 21 heavy (non-hydrogen) atoms. The fourth-order valence-electron chi connectivity index (χ4n) is 2.27. The van der Waals surface area contributed by atoms with Gasteiger partial charge < -0.3 is 10.1 Å². The van der Waals surface area contributed by atoms with Crippen LogP contribution in [0.5, 0.6) is 5.88 Å². The Kier molecular flexibility index (Phi) is 6.25. The van der Waals surface area contributed by atoms with Gasteiger partial charge in [-0.1, -0.05) is 44.7 Å². The number of hydrogen-bond acceptors (Lipinski definition) is 4. The normalized spacial score (nSPS) is 10.8. The molecule has 2 rings (SSSR count). The number of fused-ring (bicyclic) bond motifs is 1. The second kappa shape index (κ2) is 8.45. The second-order valence-corrected chi connectivity index (χ2v) is 5.16. The van der Waals surface area contributed by atoms with Crippen LogP contribution < -0.4 is 10.1 Å². The fraction of sp³-hybridized carbons (Fsp3) is 0.529. The molecular formula is C17H25N3O. The van der Waals surface area contributed by atoms with Gasteiger partial charge >= 0.3 is 0 Å². The number of ether oxygens (including phenoxy) is 1. The summed E-state index contributed by atoms with van der Waals surface area (Å²) in [4.78, 5) is 8.97. The molecule has 0 spiro atoms. The van der Waals surface area contributed by atoms with E-state index in [0.29, 0.717) is 11.8 Å². The molecule has 0 aliphatic heterocycles. The number of benzene rings is 1. The van der Waals surface area contributed by atoms with Gasteiger partial charge in [0.25, 0.3) is 0 Å². The van der Waals surface area contributed by atoms with Crippen LogP contribution in [-0.4, -0.2) is 23.1 Å². The lowest BCUT2D eigenvalue weighted by Gasteiger charge is -2.10. The molecule has 2 aromatic rings. The number of nitrogens with zero attached hydrogens (tertiary/aromatic N) is 2. The third kappa shape index (κ3) is 4.59. The van der Waals surface area contributed by atoms with Gasteiger partial charge in [0.1, 0.15) is 0 Å². The SMILES string of the molecule is CCCCCCCOc1nc(NCC)nc2ccccc12. The number of anilines is 1. The van der Waals surface area contributed by atoms with Crippen molar-refractivity contribution in [2.45, 2.75) is 46.0 Å². The molecule has 0 bridgehead atoms. The third-order valence-electron chi connectivity index (χ3n) is 3.39. The molecule has 0 saturated heterocycles. The summed E-state index contributed by atoms with van der Waals surface area (Å²) in [5.74, 6) is 1.32. The Balaban J connectivity index is 2.03. The average Bonchev–Trinajstić information content (AvgIpc) is 2.51. The number of nitrogens with one attached hydrogen (secondary N) is 1. The van der Waals surface area contributed by atoms with Gasteiger partial charge in [-0.05, 0) is 25.5 Å². The summed E-state index contributed by atoms with van der Waals surface area (Å²) in [7, 11) is 0. The summed E-state index contributed by atoms with van der Waals surface area (Å²) >= 11 is 0. The van der Waals surface area contributed by atoms with Gasteiger partial charge in [0.2, 0.25) is 11.8 Å². The van der Waals surface area contributed by atoms with Crippen LogP contribution in [0.4, 0.5) is 5.95 Å². The molecule has 0 saturated carbocycles. The lowest BCUT2D eigenvalue weighted by atomic mass is 10.2.